The molecule has 3 heterocycles. The predicted octanol–water partition coefficient (Wildman–Crippen LogP) is 3.04. The van der Waals surface area contributed by atoms with E-state index in [1.54, 1.807) is 18.3 Å². The van der Waals surface area contributed by atoms with Crippen LogP contribution in [-0.4, -0.2) is 39.5 Å². The molecule has 2 unspecified atom stereocenters. The van der Waals surface area contributed by atoms with E-state index >= 15 is 0 Å². The van der Waals surface area contributed by atoms with Crippen LogP contribution >= 0.6 is 11.3 Å². The first-order valence-corrected chi connectivity index (χ1v) is 9.71. The maximum Gasteiger partial charge on any atom is 0.240 e. The summed E-state index contributed by atoms with van der Waals surface area (Å²) in [6.07, 6.45) is 4.82. The number of piperidine rings is 1. The Kier molecular flexibility index (Phi) is 4.54. The van der Waals surface area contributed by atoms with E-state index in [1.165, 1.54) is 23.5 Å². The third-order valence-corrected chi connectivity index (χ3v) is 6.32. The first-order valence-electron chi connectivity index (χ1n) is 8.89. The zero-order valence-electron chi connectivity index (χ0n) is 14.6. The van der Waals surface area contributed by atoms with E-state index in [4.69, 9.17) is 0 Å². The van der Waals surface area contributed by atoms with Gasteiger partial charge in [-0.2, -0.15) is 0 Å². The fourth-order valence-corrected chi connectivity index (χ4v) is 4.99. The van der Waals surface area contributed by atoms with E-state index in [9.17, 15) is 14.3 Å². The molecule has 7 heteroatoms. The second kappa shape index (κ2) is 6.72. The molecule has 4 rings (SSSR count). The highest BCUT2D eigenvalue weighted by atomic mass is 32.1. The van der Waals surface area contributed by atoms with Gasteiger partial charge in [-0.25, -0.2) is 9.37 Å². The second-order valence-corrected chi connectivity index (χ2v) is 8.56. The number of aromatic nitrogens is 1. The van der Waals surface area contributed by atoms with E-state index in [1.807, 2.05) is 6.92 Å². The summed E-state index contributed by atoms with van der Waals surface area (Å²) in [4.78, 5) is 19.8. The summed E-state index contributed by atoms with van der Waals surface area (Å²) < 4.78 is 13.2. The van der Waals surface area contributed by atoms with Crippen LogP contribution in [0.3, 0.4) is 0 Å². The Balaban J connectivity index is 1.43. The molecule has 26 heavy (non-hydrogen) atoms. The highest BCUT2D eigenvalue weighted by Crippen LogP contribution is 2.45. The number of hydrogen-bond donors (Lipinski definition) is 2. The Labute approximate surface area is 155 Å². The van der Waals surface area contributed by atoms with Crippen molar-refractivity contribution in [3.63, 3.8) is 0 Å². The van der Waals surface area contributed by atoms with Crippen LogP contribution in [0.2, 0.25) is 0 Å². The molecule has 2 N–H and O–H groups in total. The van der Waals surface area contributed by atoms with E-state index in [0.717, 1.165) is 23.3 Å². The second-order valence-electron chi connectivity index (χ2n) is 7.33. The van der Waals surface area contributed by atoms with E-state index in [2.05, 4.69) is 15.2 Å². The lowest BCUT2D eigenvalue weighted by atomic mass is 9.80. The number of nitrogens with zero attached hydrogens (tertiary/aromatic N) is 2. The molecule has 1 aromatic heterocycles. The average Bonchev–Trinajstić information content (AvgIpc) is 3.09. The average molecular weight is 375 g/mol. The maximum absolute atomic E-state index is 13.2. The minimum atomic E-state index is -0.946. The highest BCUT2D eigenvalue weighted by molar-refractivity contribution is 7.15. The van der Waals surface area contributed by atoms with Crippen LogP contribution in [0.25, 0.3) is 0 Å². The van der Waals surface area contributed by atoms with Gasteiger partial charge in [-0.05, 0) is 50.3 Å². The molecule has 2 bridgehead atoms. The fourth-order valence-electron chi connectivity index (χ4n) is 4.31. The van der Waals surface area contributed by atoms with Gasteiger partial charge in [-0.1, -0.05) is 12.1 Å². The number of thiazole rings is 1. The SMILES string of the molecule is Cc1cnc(NC(=O)CN2C3CCC2CC(O)(c2ccc(F)cc2)C3)s1. The van der Waals surface area contributed by atoms with Crippen LogP contribution in [0.15, 0.2) is 30.5 Å². The van der Waals surface area contributed by atoms with Gasteiger partial charge in [0, 0.05) is 23.2 Å². The Hall–Kier alpha value is -1.83. The number of fused-ring (bicyclic) bond motifs is 2. The topological polar surface area (TPSA) is 65.5 Å². The molecule has 0 spiro atoms. The number of amides is 1. The number of nitrogens with one attached hydrogen (secondary N) is 1. The smallest absolute Gasteiger partial charge is 0.240 e. The van der Waals surface area contributed by atoms with Crippen molar-refractivity contribution in [2.75, 3.05) is 11.9 Å². The highest BCUT2D eigenvalue weighted by Gasteiger charge is 2.48. The summed E-state index contributed by atoms with van der Waals surface area (Å²) in [6.45, 7) is 2.27. The molecule has 5 nitrogen and oxygen atoms in total. The summed E-state index contributed by atoms with van der Waals surface area (Å²) in [6, 6.07) is 6.44. The molecule has 2 atom stereocenters. The minimum Gasteiger partial charge on any atom is -0.385 e. The Bertz CT molecular complexity index is 793. The molecule has 2 fully saturated rings. The molecule has 2 aromatic rings. The minimum absolute atomic E-state index is 0.0662. The molecular formula is C19H22FN3O2S. The predicted molar refractivity (Wildman–Crippen MR) is 98.5 cm³/mol. The molecular weight excluding hydrogens is 353 g/mol. The molecule has 1 amide bonds. The molecule has 2 aliphatic heterocycles. The standard InChI is InChI=1S/C19H22FN3O2S/c1-12-10-21-18(26-12)22-17(24)11-23-15-6-7-16(23)9-19(25,8-15)13-2-4-14(20)5-3-13/h2-5,10,15-16,25H,6-9,11H2,1H3,(H,21,22,24). The lowest BCUT2D eigenvalue weighted by molar-refractivity contribution is -0.121. The summed E-state index contributed by atoms with van der Waals surface area (Å²) in [7, 11) is 0. The normalized spacial score (nSPS) is 28.3. The van der Waals surface area contributed by atoms with Gasteiger partial charge < -0.3 is 10.4 Å². The molecule has 1 aromatic carbocycles. The maximum atomic E-state index is 13.2. The van der Waals surface area contributed by atoms with Crippen molar-refractivity contribution >= 4 is 22.4 Å². The van der Waals surface area contributed by atoms with Gasteiger partial charge in [0.1, 0.15) is 5.82 Å². The van der Waals surface area contributed by atoms with Crippen LogP contribution in [0.4, 0.5) is 9.52 Å². The van der Waals surface area contributed by atoms with Gasteiger partial charge in [0.15, 0.2) is 5.13 Å². The van der Waals surface area contributed by atoms with Crippen molar-refractivity contribution in [2.45, 2.75) is 50.3 Å². The molecule has 0 radical (unpaired) electrons. The van der Waals surface area contributed by atoms with Crippen molar-refractivity contribution in [1.29, 1.82) is 0 Å². The zero-order valence-corrected chi connectivity index (χ0v) is 15.4. The van der Waals surface area contributed by atoms with E-state index in [-0.39, 0.29) is 23.8 Å². The number of hydrogen-bond acceptors (Lipinski definition) is 5. The van der Waals surface area contributed by atoms with Crippen LogP contribution < -0.4 is 5.32 Å². The summed E-state index contributed by atoms with van der Waals surface area (Å²) in [5.41, 5.74) is -0.183. The van der Waals surface area contributed by atoms with Gasteiger partial charge in [0.05, 0.1) is 12.1 Å². The number of benzene rings is 1. The van der Waals surface area contributed by atoms with Gasteiger partial charge in [0.25, 0.3) is 0 Å². The van der Waals surface area contributed by atoms with Gasteiger partial charge in [-0.15, -0.1) is 11.3 Å². The summed E-state index contributed by atoms with van der Waals surface area (Å²) in [5, 5.41) is 14.6. The van der Waals surface area contributed by atoms with Crippen molar-refractivity contribution in [3.8, 4) is 0 Å². The molecule has 2 saturated heterocycles. The summed E-state index contributed by atoms with van der Waals surface area (Å²) in [5.74, 6) is -0.365. The number of rotatable bonds is 4. The number of carbonyl (C=O) groups excluding carboxylic acids is 1. The number of anilines is 1. The van der Waals surface area contributed by atoms with E-state index < -0.39 is 5.60 Å². The Morgan fingerprint density at radius 1 is 1.35 bits per heavy atom. The fraction of sp³-hybridized carbons (Fsp3) is 0.474. The lowest BCUT2D eigenvalue weighted by Crippen LogP contribution is -2.51. The lowest BCUT2D eigenvalue weighted by Gasteiger charge is -2.43. The Morgan fingerprint density at radius 2 is 2.00 bits per heavy atom. The van der Waals surface area contributed by atoms with Crippen LogP contribution in [-0.2, 0) is 10.4 Å². The van der Waals surface area contributed by atoms with Gasteiger partial charge >= 0.3 is 0 Å². The molecule has 2 aliphatic rings. The van der Waals surface area contributed by atoms with Crippen LogP contribution in [0, 0.1) is 12.7 Å². The van der Waals surface area contributed by atoms with Gasteiger partial charge in [-0.3, -0.25) is 9.69 Å². The molecule has 0 saturated carbocycles. The number of aliphatic hydroxyl groups is 1. The number of aryl methyl sites for hydroxylation is 1. The van der Waals surface area contributed by atoms with Crippen LogP contribution in [0.1, 0.15) is 36.1 Å². The van der Waals surface area contributed by atoms with Crippen molar-refractivity contribution in [2.24, 2.45) is 0 Å². The number of carbonyl (C=O) groups is 1. The van der Waals surface area contributed by atoms with E-state index in [0.29, 0.717) is 24.5 Å². The van der Waals surface area contributed by atoms with Crippen molar-refractivity contribution in [3.05, 3.63) is 46.7 Å². The molecule has 0 aliphatic carbocycles. The first-order chi connectivity index (χ1) is 12.4. The molecule has 138 valence electrons. The monoisotopic (exact) mass is 375 g/mol. The van der Waals surface area contributed by atoms with Crippen LogP contribution in [0.5, 0.6) is 0 Å². The third-order valence-electron chi connectivity index (χ3n) is 5.49. The largest absolute Gasteiger partial charge is 0.385 e. The number of halogens is 1. The van der Waals surface area contributed by atoms with Crippen molar-refractivity contribution < 1.29 is 14.3 Å². The first kappa shape index (κ1) is 17.6. The quantitative estimate of drug-likeness (QED) is 0.862. The summed E-state index contributed by atoms with van der Waals surface area (Å²) >= 11 is 1.46. The third kappa shape index (κ3) is 3.39. The zero-order chi connectivity index (χ0) is 18.3. The van der Waals surface area contributed by atoms with Gasteiger partial charge in [0.2, 0.25) is 5.91 Å². The van der Waals surface area contributed by atoms with Crippen molar-refractivity contribution in [1.82, 2.24) is 9.88 Å². The Morgan fingerprint density at radius 3 is 2.58 bits per heavy atom.